The van der Waals surface area contributed by atoms with Gasteiger partial charge in [0.1, 0.15) is 5.60 Å². The first-order valence-electron chi connectivity index (χ1n) is 5.86. The van der Waals surface area contributed by atoms with Gasteiger partial charge in [0.15, 0.2) is 5.78 Å². The number of hydrogen-bond acceptors (Lipinski definition) is 2. The van der Waals surface area contributed by atoms with Crippen LogP contribution >= 0.6 is 0 Å². The maximum atomic E-state index is 11.8. The van der Waals surface area contributed by atoms with Crippen LogP contribution in [0.3, 0.4) is 0 Å². The minimum absolute atomic E-state index is 0.118. The number of hydrogen-bond donors (Lipinski definition) is 1. The van der Waals surface area contributed by atoms with Crippen LogP contribution in [-0.4, -0.2) is 16.5 Å². The third-order valence-electron chi connectivity index (χ3n) is 3.79. The largest absolute Gasteiger partial charge is 0.382 e. The molecule has 0 bridgehead atoms. The van der Waals surface area contributed by atoms with Crippen molar-refractivity contribution in [2.24, 2.45) is 11.8 Å². The normalized spacial score (nSPS) is 38.3. The van der Waals surface area contributed by atoms with E-state index in [4.69, 9.17) is 0 Å². The van der Waals surface area contributed by atoms with Crippen LogP contribution in [0.5, 0.6) is 0 Å². The van der Waals surface area contributed by atoms with Gasteiger partial charge in [-0.05, 0) is 50.4 Å². The maximum absolute atomic E-state index is 11.8. The van der Waals surface area contributed by atoms with Crippen molar-refractivity contribution in [2.75, 3.05) is 0 Å². The van der Waals surface area contributed by atoms with Crippen LogP contribution in [0, 0.1) is 11.8 Å². The summed E-state index contributed by atoms with van der Waals surface area (Å²) in [6, 6.07) is 0. The first kappa shape index (κ1) is 10.2. The molecular weight excluding hydrogens is 176 g/mol. The van der Waals surface area contributed by atoms with Crippen molar-refractivity contribution < 1.29 is 9.90 Å². The summed E-state index contributed by atoms with van der Waals surface area (Å²) in [6.45, 7) is 2.20. The molecule has 1 N–H and O–H groups in total. The number of ketones is 1. The first-order valence-corrected chi connectivity index (χ1v) is 5.86. The molecule has 0 radical (unpaired) electrons. The van der Waals surface area contributed by atoms with Gasteiger partial charge in [0.05, 0.1) is 0 Å². The number of carbonyl (C=O) groups excluding carboxylic acids is 1. The lowest BCUT2D eigenvalue weighted by Gasteiger charge is -2.33. The van der Waals surface area contributed by atoms with E-state index in [9.17, 15) is 9.90 Å². The molecule has 0 aromatic carbocycles. The average molecular weight is 196 g/mol. The SMILES string of the molecule is CC1CCC(O)(C(=O)CC2CC2)CC1. The van der Waals surface area contributed by atoms with E-state index in [2.05, 4.69) is 6.92 Å². The van der Waals surface area contributed by atoms with Gasteiger partial charge in [-0.3, -0.25) is 4.79 Å². The predicted octanol–water partition coefficient (Wildman–Crippen LogP) is 2.30. The summed E-state index contributed by atoms with van der Waals surface area (Å²) in [6.07, 6.45) is 6.42. The fourth-order valence-electron chi connectivity index (χ4n) is 2.29. The Kier molecular flexibility index (Phi) is 2.65. The van der Waals surface area contributed by atoms with Crippen molar-refractivity contribution in [2.45, 2.75) is 57.5 Å². The Morgan fingerprint density at radius 2 is 1.86 bits per heavy atom. The molecule has 2 rings (SSSR count). The molecule has 0 spiro atoms. The number of rotatable bonds is 3. The molecule has 2 saturated carbocycles. The second-order valence-corrected chi connectivity index (χ2v) is 5.28. The Morgan fingerprint density at radius 1 is 1.29 bits per heavy atom. The molecule has 0 heterocycles. The minimum atomic E-state index is -0.949. The zero-order chi connectivity index (χ0) is 10.2. The molecule has 14 heavy (non-hydrogen) atoms. The van der Waals surface area contributed by atoms with E-state index in [1.807, 2.05) is 0 Å². The van der Waals surface area contributed by atoms with Gasteiger partial charge in [-0.1, -0.05) is 6.92 Å². The van der Waals surface area contributed by atoms with Crippen molar-refractivity contribution >= 4 is 5.78 Å². The summed E-state index contributed by atoms with van der Waals surface area (Å²) < 4.78 is 0. The van der Waals surface area contributed by atoms with E-state index in [-0.39, 0.29) is 5.78 Å². The molecule has 0 atom stereocenters. The monoisotopic (exact) mass is 196 g/mol. The van der Waals surface area contributed by atoms with E-state index in [0.717, 1.165) is 12.8 Å². The van der Waals surface area contributed by atoms with Crippen LogP contribution in [0.15, 0.2) is 0 Å². The fraction of sp³-hybridized carbons (Fsp3) is 0.917. The Bertz CT molecular complexity index is 222. The van der Waals surface area contributed by atoms with Gasteiger partial charge in [-0.2, -0.15) is 0 Å². The Hall–Kier alpha value is -0.370. The van der Waals surface area contributed by atoms with E-state index in [1.165, 1.54) is 12.8 Å². The van der Waals surface area contributed by atoms with Crippen molar-refractivity contribution in [1.82, 2.24) is 0 Å². The van der Waals surface area contributed by atoms with Crippen LogP contribution in [0.25, 0.3) is 0 Å². The summed E-state index contributed by atoms with van der Waals surface area (Å²) in [5, 5.41) is 10.2. The fourth-order valence-corrected chi connectivity index (χ4v) is 2.29. The van der Waals surface area contributed by atoms with E-state index in [1.54, 1.807) is 0 Å². The summed E-state index contributed by atoms with van der Waals surface area (Å²) in [5.41, 5.74) is -0.949. The van der Waals surface area contributed by atoms with Gasteiger partial charge in [0, 0.05) is 6.42 Å². The molecule has 0 aliphatic heterocycles. The molecule has 0 amide bonds. The third-order valence-corrected chi connectivity index (χ3v) is 3.79. The molecule has 0 aromatic rings. The Balaban J connectivity index is 1.89. The summed E-state index contributed by atoms with van der Waals surface area (Å²) >= 11 is 0. The molecule has 2 aliphatic carbocycles. The topological polar surface area (TPSA) is 37.3 Å². The molecule has 80 valence electrons. The lowest BCUT2D eigenvalue weighted by Crippen LogP contribution is -2.42. The number of carbonyl (C=O) groups is 1. The average Bonchev–Trinajstić information content (AvgIpc) is 2.94. The van der Waals surface area contributed by atoms with Crippen LogP contribution in [0.2, 0.25) is 0 Å². The highest BCUT2D eigenvalue weighted by atomic mass is 16.3. The van der Waals surface area contributed by atoms with Gasteiger partial charge < -0.3 is 5.11 Å². The van der Waals surface area contributed by atoms with Gasteiger partial charge in [-0.15, -0.1) is 0 Å². The van der Waals surface area contributed by atoms with E-state index >= 15 is 0 Å². The molecule has 0 unspecified atom stereocenters. The van der Waals surface area contributed by atoms with E-state index < -0.39 is 5.60 Å². The van der Waals surface area contributed by atoms with E-state index in [0.29, 0.717) is 31.1 Å². The Morgan fingerprint density at radius 3 is 2.36 bits per heavy atom. The highest BCUT2D eigenvalue weighted by Crippen LogP contribution is 2.38. The zero-order valence-corrected chi connectivity index (χ0v) is 8.96. The molecule has 2 heteroatoms. The first-order chi connectivity index (χ1) is 6.60. The quantitative estimate of drug-likeness (QED) is 0.752. The van der Waals surface area contributed by atoms with Crippen molar-refractivity contribution in [3.8, 4) is 0 Å². The number of Topliss-reactive ketones (excluding diaryl/α,β-unsaturated/α-hetero) is 1. The lowest BCUT2D eigenvalue weighted by molar-refractivity contribution is -0.141. The summed E-state index contributed by atoms with van der Waals surface area (Å²) in [5.74, 6) is 1.40. The second kappa shape index (κ2) is 3.65. The van der Waals surface area contributed by atoms with Gasteiger partial charge in [0.25, 0.3) is 0 Å². The summed E-state index contributed by atoms with van der Waals surface area (Å²) in [7, 11) is 0. The standard InChI is InChI=1S/C12H20O2/c1-9-4-6-12(14,7-5-9)11(13)8-10-2-3-10/h9-10,14H,2-8H2,1H3. The lowest BCUT2D eigenvalue weighted by atomic mass is 9.76. The van der Waals surface area contributed by atoms with Gasteiger partial charge in [-0.25, -0.2) is 0 Å². The molecule has 0 aromatic heterocycles. The van der Waals surface area contributed by atoms with Crippen molar-refractivity contribution in [1.29, 1.82) is 0 Å². The zero-order valence-electron chi connectivity index (χ0n) is 8.96. The van der Waals surface area contributed by atoms with Crippen LogP contribution < -0.4 is 0 Å². The molecular formula is C12H20O2. The molecule has 0 saturated heterocycles. The van der Waals surface area contributed by atoms with Crippen LogP contribution in [0.4, 0.5) is 0 Å². The van der Waals surface area contributed by atoms with Crippen molar-refractivity contribution in [3.63, 3.8) is 0 Å². The highest BCUT2D eigenvalue weighted by Gasteiger charge is 2.40. The van der Waals surface area contributed by atoms with Crippen LogP contribution in [0.1, 0.15) is 51.9 Å². The minimum Gasteiger partial charge on any atom is -0.382 e. The van der Waals surface area contributed by atoms with Crippen molar-refractivity contribution in [3.05, 3.63) is 0 Å². The Labute approximate surface area is 85.7 Å². The van der Waals surface area contributed by atoms with Gasteiger partial charge >= 0.3 is 0 Å². The molecule has 2 nitrogen and oxygen atoms in total. The number of aliphatic hydroxyl groups is 1. The smallest absolute Gasteiger partial charge is 0.164 e. The second-order valence-electron chi connectivity index (χ2n) is 5.28. The van der Waals surface area contributed by atoms with Crippen LogP contribution in [-0.2, 0) is 4.79 Å². The highest BCUT2D eigenvalue weighted by molar-refractivity contribution is 5.87. The molecule has 2 aliphatic rings. The summed E-state index contributed by atoms with van der Waals surface area (Å²) in [4.78, 5) is 11.8. The molecule has 2 fully saturated rings. The third kappa shape index (κ3) is 2.17. The predicted molar refractivity (Wildman–Crippen MR) is 54.9 cm³/mol. The van der Waals surface area contributed by atoms with Gasteiger partial charge in [0.2, 0.25) is 0 Å². The maximum Gasteiger partial charge on any atom is 0.164 e.